The molecule has 0 aliphatic heterocycles. The van der Waals surface area contributed by atoms with Crippen molar-refractivity contribution in [2.45, 2.75) is 42.5 Å². The normalized spacial score (nSPS) is 12.7. The van der Waals surface area contributed by atoms with Crippen LogP contribution in [0.2, 0.25) is 5.02 Å². The average molecular weight is 306 g/mol. The van der Waals surface area contributed by atoms with Gasteiger partial charge in [0.05, 0.1) is 0 Å². The molecule has 20 heavy (non-hydrogen) atoms. The molecule has 1 atom stereocenters. The molecule has 0 aromatic heterocycles. The molecule has 2 rings (SSSR count). The van der Waals surface area contributed by atoms with Crippen molar-refractivity contribution < 1.29 is 0 Å². The van der Waals surface area contributed by atoms with E-state index in [0.29, 0.717) is 5.92 Å². The van der Waals surface area contributed by atoms with Crippen LogP contribution in [0.5, 0.6) is 0 Å². The lowest BCUT2D eigenvalue weighted by atomic mass is 10.0. The average Bonchev–Trinajstić information content (AvgIpc) is 2.39. The quantitative estimate of drug-likeness (QED) is 0.791. The maximum Gasteiger partial charge on any atom is 0.0464 e. The van der Waals surface area contributed by atoms with Gasteiger partial charge in [0.15, 0.2) is 0 Å². The number of rotatable bonds is 4. The third kappa shape index (κ3) is 3.78. The summed E-state index contributed by atoms with van der Waals surface area (Å²) in [5.74, 6) is 0.564. The van der Waals surface area contributed by atoms with Crippen molar-refractivity contribution in [1.82, 2.24) is 0 Å². The van der Waals surface area contributed by atoms with Gasteiger partial charge in [-0.25, -0.2) is 0 Å². The molecule has 0 saturated heterocycles. The Morgan fingerprint density at radius 3 is 2.05 bits per heavy atom. The summed E-state index contributed by atoms with van der Waals surface area (Å²) < 4.78 is 0. The summed E-state index contributed by atoms with van der Waals surface area (Å²) in [5, 5.41) is 0.740. The van der Waals surface area contributed by atoms with E-state index in [-0.39, 0.29) is 6.04 Å². The van der Waals surface area contributed by atoms with Crippen LogP contribution in [-0.2, 0) is 0 Å². The maximum atomic E-state index is 6.26. The molecule has 2 N–H and O–H groups in total. The molecule has 1 nitrogen and oxygen atoms in total. The second kappa shape index (κ2) is 6.66. The van der Waals surface area contributed by atoms with Crippen LogP contribution in [0, 0.1) is 0 Å². The minimum Gasteiger partial charge on any atom is -0.324 e. The second-order valence-corrected chi connectivity index (χ2v) is 6.85. The molecule has 2 aromatic rings. The molecule has 0 radical (unpaired) electrons. The van der Waals surface area contributed by atoms with Gasteiger partial charge in [-0.2, -0.15) is 0 Å². The van der Waals surface area contributed by atoms with Crippen molar-refractivity contribution in [3.05, 3.63) is 58.6 Å². The van der Waals surface area contributed by atoms with Crippen molar-refractivity contribution in [1.29, 1.82) is 0 Å². The topological polar surface area (TPSA) is 26.0 Å². The van der Waals surface area contributed by atoms with Crippen molar-refractivity contribution in [3.8, 4) is 0 Å². The predicted octanol–water partition coefficient (Wildman–Crippen LogP) is 5.63. The Hall–Kier alpha value is -0.960. The van der Waals surface area contributed by atoms with Crippen LogP contribution in [0.15, 0.2) is 52.3 Å². The van der Waals surface area contributed by atoms with Gasteiger partial charge in [0.25, 0.3) is 0 Å². The van der Waals surface area contributed by atoms with Crippen LogP contribution >= 0.6 is 23.4 Å². The first-order valence-electron chi connectivity index (χ1n) is 6.80. The molecule has 1 unspecified atom stereocenters. The van der Waals surface area contributed by atoms with Crippen molar-refractivity contribution in [2.75, 3.05) is 0 Å². The van der Waals surface area contributed by atoms with Gasteiger partial charge in [0.1, 0.15) is 0 Å². The zero-order chi connectivity index (χ0) is 14.7. The largest absolute Gasteiger partial charge is 0.324 e. The second-order valence-electron chi connectivity index (χ2n) is 5.30. The van der Waals surface area contributed by atoms with Crippen LogP contribution in [0.25, 0.3) is 0 Å². The Labute approximate surface area is 130 Å². The molecule has 0 heterocycles. The van der Waals surface area contributed by atoms with Crippen LogP contribution in [-0.4, -0.2) is 0 Å². The highest BCUT2D eigenvalue weighted by molar-refractivity contribution is 7.99. The Kier molecular flexibility index (Phi) is 5.14. The number of hydrogen-bond donors (Lipinski definition) is 1. The van der Waals surface area contributed by atoms with E-state index in [9.17, 15) is 0 Å². The minimum absolute atomic E-state index is 0.0353. The van der Waals surface area contributed by atoms with E-state index in [4.69, 9.17) is 17.3 Å². The van der Waals surface area contributed by atoms with Gasteiger partial charge in [-0.3, -0.25) is 0 Å². The van der Waals surface area contributed by atoms with Gasteiger partial charge in [0.2, 0.25) is 0 Å². The molecule has 3 heteroatoms. The molecule has 0 aliphatic carbocycles. The smallest absolute Gasteiger partial charge is 0.0464 e. The molecular formula is C17H20ClNS. The molecule has 0 saturated carbocycles. The van der Waals surface area contributed by atoms with E-state index in [1.54, 1.807) is 11.8 Å². The highest BCUT2D eigenvalue weighted by atomic mass is 35.5. The maximum absolute atomic E-state index is 6.26. The highest BCUT2D eigenvalue weighted by Crippen LogP contribution is 2.32. The monoisotopic (exact) mass is 305 g/mol. The minimum atomic E-state index is -0.0353. The number of hydrogen-bond acceptors (Lipinski definition) is 2. The third-order valence-electron chi connectivity index (χ3n) is 3.24. The summed E-state index contributed by atoms with van der Waals surface area (Å²) in [5.41, 5.74) is 8.22. The van der Waals surface area contributed by atoms with Gasteiger partial charge < -0.3 is 5.73 Å². The van der Waals surface area contributed by atoms with Crippen LogP contribution < -0.4 is 5.73 Å². The summed E-state index contributed by atoms with van der Waals surface area (Å²) in [7, 11) is 0. The Morgan fingerprint density at radius 1 is 0.950 bits per heavy atom. The van der Waals surface area contributed by atoms with Crippen molar-refractivity contribution >= 4 is 23.4 Å². The first-order chi connectivity index (χ1) is 9.47. The van der Waals surface area contributed by atoms with Gasteiger partial charge in [0, 0.05) is 20.9 Å². The fraction of sp³-hybridized carbons (Fsp3) is 0.294. The molecule has 2 aromatic carbocycles. The standard InChI is InChI=1S/C17H20ClNS/c1-11(2)13-4-6-14(7-5-13)20-15-8-9-16(12(3)19)17(18)10-15/h4-12H,19H2,1-3H3. The molecule has 106 valence electrons. The molecule has 0 fully saturated rings. The lowest BCUT2D eigenvalue weighted by Gasteiger charge is -2.10. The van der Waals surface area contributed by atoms with Crippen molar-refractivity contribution in [2.24, 2.45) is 5.73 Å². The zero-order valence-corrected chi connectivity index (χ0v) is 13.6. The molecular weight excluding hydrogens is 286 g/mol. The zero-order valence-electron chi connectivity index (χ0n) is 12.1. The number of halogens is 1. The van der Waals surface area contributed by atoms with E-state index in [1.165, 1.54) is 10.5 Å². The van der Waals surface area contributed by atoms with Crippen LogP contribution in [0.4, 0.5) is 0 Å². The molecule has 0 amide bonds. The molecule has 0 spiro atoms. The van der Waals surface area contributed by atoms with E-state index in [2.05, 4.69) is 44.2 Å². The summed E-state index contributed by atoms with van der Waals surface area (Å²) in [4.78, 5) is 2.36. The van der Waals surface area contributed by atoms with Crippen molar-refractivity contribution in [3.63, 3.8) is 0 Å². The summed E-state index contributed by atoms with van der Waals surface area (Å²) in [6.45, 7) is 6.35. The lowest BCUT2D eigenvalue weighted by Crippen LogP contribution is -2.05. The predicted molar refractivity (Wildman–Crippen MR) is 88.7 cm³/mol. The van der Waals surface area contributed by atoms with E-state index < -0.39 is 0 Å². The van der Waals surface area contributed by atoms with Gasteiger partial charge in [-0.15, -0.1) is 0 Å². The molecule has 0 aliphatic rings. The number of benzene rings is 2. The lowest BCUT2D eigenvalue weighted by molar-refractivity contribution is 0.817. The summed E-state index contributed by atoms with van der Waals surface area (Å²) >= 11 is 7.98. The fourth-order valence-electron chi connectivity index (χ4n) is 2.00. The van der Waals surface area contributed by atoms with Crippen LogP contribution in [0.1, 0.15) is 43.9 Å². The summed E-state index contributed by atoms with van der Waals surface area (Å²) in [6.07, 6.45) is 0. The Morgan fingerprint density at radius 2 is 1.55 bits per heavy atom. The van der Waals surface area contributed by atoms with E-state index >= 15 is 0 Å². The van der Waals surface area contributed by atoms with Gasteiger partial charge >= 0.3 is 0 Å². The Bertz CT molecular complexity index is 576. The highest BCUT2D eigenvalue weighted by Gasteiger charge is 2.07. The Balaban J connectivity index is 2.15. The van der Waals surface area contributed by atoms with E-state index in [0.717, 1.165) is 15.5 Å². The number of nitrogens with two attached hydrogens (primary N) is 1. The first kappa shape index (κ1) is 15.4. The fourth-order valence-corrected chi connectivity index (χ4v) is 3.27. The van der Waals surface area contributed by atoms with Crippen LogP contribution in [0.3, 0.4) is 0 Å². The third-order valence-corrected chi connectivity index (χ3v) is 4.57. The van der Waals surface area contributed by atoms with Gasteiger partial charge in [-0.1, -0.05) is 55.4 Å². The molecule has 0 bridgehead atoms. The van der Waals surface area contributed by atoms with Gasteiger partial charge in [-0.05, 0) is 48.2 Å². The first-order valence-corrected chi connectivity index (χ1v) is 7.99. The van der Waals surface area contributed by atoms with E-state index in [1.807, 2.05) is 19.1 Å². The summed E-state index contributed by atoms with van der Waals surface area (Å²) in [6, 6.07) is 14.7. The SMILES string of the molecule is CC(C)c1ccc(Sc2ccc(C(C)N)c(Cl)c2)cc1.